The van der Waals surface area contributed by atoms with Crippen LogP contribution in [0.25, 0.3) is 0 Å². The number of carbonyl (C=O) groups excluding carboxylic acids is 1. The van der Waals surface area contributed by atoms with E-state index in [1.54, 1.807) is 0 Å². The lowest BCUT2D eigenvalue weighted by Crippen LogP contribution is -2.36. The predicted molar refractivity (Wildman–Crippen MR) is 73.4 cm³/mol. The number of carboxylic acid groups (broad SMARTS) is 1. The van der Waals surface area contributed by atoms with E-state index >= 15 is 0 Å². The van der Waals surface area contributed by atoms with Crippen molar-refractivity contribution >= 4 is 11.9 Å². The van der Waals surface area contributed by atoms with Gasteiger partial charge in [-0.05, 0) is 38.5 Å². The van der Waals surface area contributed by atoms with Crippen molar-refractivity contribution in [1.29, 1.82) is 0 Å². The van der Waals surface area contributed by atoms with Crippen LogP contribution in [-0.2, 0) is 20.5 Å². The Morgan fingerprint density at radius 1 is 1.09 bits per heavy atom. The molecule has 0 radical (unpaired) electrons. The number of aliphatic hydroxyl groups is 1. The zero-order chi connectivity index (χ0) is 18.0. The third-order valence-corrected chi connectivity index (χ3v) is 2.82. The Hall–Kier alpha value is -2.09. The van der Waals surface area contributed by atoms with E-state index in [4.69, 9.17) is 9.84 Å². The molecule has 0 bridgehead atoms. The standard InChI is InChI=1S/C15H17F3O5/c1-14(2,3)23-13(22)10(12(20)21)11(19)8-4-6-9(7-5-8)15(16,17)18/h4-7,10-11,19H,1-3H3,(H,20,21). The molecule has 2 atom stereocenters. The molecule has 1 rings (SSSR count). The lowest BCUT2D eigenvalue weighted by molar-refractivity contribution is -0.172. The second-order valence-electron chi connectivity index (χ2n) is 5.91. The predicted octanol–water partition coefficient (Wildman–Crippen LogP) is 2.78. The molecule has 1 aromatic carbocycles. The van der Waals surface area contributed by atoms with Crippen LogP contribution in [0.3, 0.4) is 0 Å². The highest BCUT2D eigenvalue weighted by atomic mass is 19.4. The summed E-state index contributed by atoms with van der Waals surface area (Å²) >= 11 is 0. The van der Waals surface area contributed by atoms with E-state index in [1.807, 2.05) is 0 Å². The zero-order valence-corrected chi connectivity index (χ0v) is 12.7. The number of hydrogen-bond acceptors (Lipinski definition) is 4. The number of alkyl halides is 3. The Bertz CT molecular complexity index is 572. The third-order valence-electron chi connectivity index (χ3n) is 2.82. The van der Waals surface area contributed by atoms with Gasteiger partial charge in [-0.2, -0.15) is 13.2 Å². The summed E-state index contributed by atoms with van der Waals surface area (Å²) in [6.45, 7) is 4.57. The Morgan fingerprint density at radius 2 is 1.57 bits per heavy atom. The fourth-order valence-corrected chi connectivity index (χ4v) is 1.79. The van der Waals surface area contributed by atoms with Crippen molar-refractivity contribution in [3.63, 3.8) is 0 Å². The molecular weight excluding hydrogens is 317 g/mol. The molecule has 0 fully saturated rings. The molecule has 5 nitrogen and oxygen atoms in total. The minimum Gasteiger partial charge on any atom is -0.481 e. The number of carboxylic acids is 1. The number of benzene rings is 1. The van der Waals surface area contributed by atoms with E-state index in [0.29, 0.717) is 12.1 Å². The molecule has 2 unspecified atom stereocenters. The monoisotopic (exact) mass is 334 g/mol. The summed E-state index contributed by atoms with van der Waals surface area (Å²) < 4.78 is 42.4. The Kier molecular flexibility index (Phi) is 5.42. The van der Waals surface area contributed by atoms with Crippen molar-refractivity contribution < 1.29 is 37.7 Å². The van der Waals surface area contributed by atoms with Gasteiger partial charge in [0.15, 0.2) is 5.92 Å². The molecule has 0 heterocycles. The molecule has 0 aliphatic carbocycles. The lowest BCUT2D eigenvalue weighted by atomic mass is 9.94. The molecule has 0 aromatic heterocycles. The normalized spacial score (nSPS) is 14.9. The minimum atomic E-state index is -4.55. The van der Waals surface area contributed by atoms with Crippen LogP contribution in [-0.4, -0.2) is 27.8 Å². The van der Waals surface area contributed by atoms with Gasteiger partial charge in [-0.25, -0.2) is 0 Å². The van der Waals surface area contributed by atoms with Crippen LogP contribution in [0, 0.1) is 5.92 Å². The van der Waals surface area contributed by atoms with Crippen molar-refractivity contribution in [2.24, 2.45) is 5.92 Å². The SMILES string of the molecule is CC(C)(C)OC(=O)C(C(=O)O)C(O)c1ccc(C(F)(F)F)cc1. The Morgan fingerprint density at radius 3 is 1.91 bits per heavy atom. The van der Waals surface area contributed by atoms with Gasteiger partial charge in [0.25, 0.3) is 0 Å². The second-order valence-corrected chi connectivity index (χ2v) is 5.91. The Balaban J connectivity index is 3.05. The maximum absolute atomic E-state index is 12.5. The molecule has 0 aliphatic rings. The van der Waals surface area contributed by atoms with E-state index in [0.717, 1.165) is 12.1 Å². The van der Waals surface area contributed by atoms with E-state index in [9.17, 15) is 27.9 Å². The van der Waals surface area contributed by atoms with Crippen molar-refractivity contribution in [3.8, 4) is 0 Å². The average Bonchev–Trinajstić information content (AvgIpc) is 2.35. The highest BCUT2D eigenvalue weighted by molar-refractivity contribution is 5.95. The van der Waals surface area contributed by atoms with E-state index in [2.05, 4.69) is 0 Å². The van der Waals surface area contributed by atoms with Gasteiger partial charge in [0.2, 0.25) is 0 Å². The molecule has 23 heavy (non-hydrogen) atoms. The average molecular weight is 334 g/mol. The summed E-state index contributed by atoms with van der Waals surface area (Å²) in [7, 11) is 0. The number of rotatable bonds is 4. The number of aliphatic hydroxyl groups excluding tert-OH is 1. The summed E-state index contributed by atoms with van der Waals surface area (Å²) in [5, 5.41) is 19.2. The first-order valence-electron chi connectivity index (χ1n) is 6.64. The van der Waals surface area contributed by atoms with Crippen molar-refractivity contribution in [1.82, 2.24) is 0 Å². The first-order valence-corrected chi connectivity index (χ1v) is 6.64. The summed E-state index contributed by atoms with van der Waals surface area (Å²) in [5.41, 5.74) is -2.04. The van der Waals surface area contributed by atoms with Crippen LogP contribution in [0.15, 0.2) is 24.3 Å². The van der Waals surface area contributed by atoms with Crippen LogP contribution in [0.1, 0.15) is 38.0 Å². The molecule has 8 heteroatoms. The Labute approximate surface area is 130 Å². The minimum absolute atomic E-state index is 0.128. The van der Waals surface area contributed by atoms with Gasteiger partial charge in [0.1, 0.15) is 11.7 Å². The zero-order valence-electron chi connectivity index (χ0n) is 12.7. The molecule has 0 saturated carbocycles. The molecule has 0 amide bonds. The fraction of sp³-hybridized carbons (Fsp3) is 0.467. The molecule has 128 valence electrons. The number of hydrogen-bond donors (Lipinski definition) is 2. The smallest absolute Gasteiger partial charge is 0.416 e. The molecule has 2 N–H and O–H groups in total. The summed E-state index contributed by atoms with van der Waals surface area (Å²) in [6.07, 6.45) is -6.38. The number of halogens is 3. The molecule has 0 aliphatic heterocycles. The maximum Gasteiger partial charge on any atom is 0.416 e. The van der Waals surface area contributed by atoms with Crippen LogP contribution < -0.4 is 0 Å². The van der Waals surface area contributed by atoms with Gasteiger partial charge in [0, 0.05) is 0 Å². The highest BCUT2D eigenvalue weighted by Crippen LogP contribution is 2.31. The fourth-order valence-electron chi connectivity index (χ4n) is 1.79. The van der Waals surface area contributed by atoms with Gasteiger partial charge in [-0.3, -0.25) is 9.59 Å². The van der Waals surface area contributed by atoms with Gasteiger partial charge in [0.05, 0.1) is 5.56 Å². The highest BCUT2D eigenvalue weighted by Gasteiger charge is 2.38. The summed E-state index contributed by atoms with van der Waals surface area (Å²) in [5.74, 6) is -4.74. The second kappa shape index (κ2) is 6.57. The summed E-state index contributed by atoms with van der Waals surface area (Å²) in [4.78, 5) is 23.1. The molecule has 0 saturated heterocycles. The molecular formula is C15H17F3O5. The molecule has 0 spiro atoms. The first kappa shape index (κ1) is 19.0. The van der Waals surface area contributed by atoms with Crippen molar-refractivity contribution in [2.75, 3.05) is 0 Å². The van der Waals surface area contributed by atoms with Crippen molar-refractivity contribution in [3.05, 3.63) is 35.4 Å². The quantitative estimate of drug-likeness (QED) is 0.653. The molecule has 1 aromatic rings. The van der Waals surface area contributed by atoms with E-state index < -0.39 is 41.3 Å². The van der Waals surface area contributed by atoms with Crippen LogP contribution in [0.2, 0.25) is 0 Å². The van der Waals surface area contributed by atoms with Gasteiger partial charge in [-0.1, -0.05) is 12.1 Å². The third kappa shape index (κ3) is 5.24. The van der Waals surface area contributed by atoms with Gasteiger partial charge in [-0.15, -0.1) is 0 Å². The number of aliphatic carboxylic acids is 1. The maximum atomic E-state index is 12.5. The largest absolute Gasteiger partial charge is 0.481 e. The van der Waals surface area contributed by atoms with E-state index in [-0.39, 0.29) is 5.56 Å². The van der Waals surface area contributed by atoms with Crippen LogP contribution >= 0.6 is 0 Å². The van der Waals surface area contributed by atoms with Crippen LogP contribution in [0.5, 0.6) is 0 Å². The topological polar surface area (TPSA) is 83.8 Å². The van der Waals surface area contributed by atoms with Crippen LogP contribution in [0.4, 0.5) is 13.2 Å². The van der Waals surface area contributed by atoms with Gasteiger partial charge >= 0.3 is 18.1 Å². The number of ether oxygens (including phenoxy) is 1. The van der Waals surface area contributed by atoms with Gasteiger partial charge < -0.3 is 14.9 Å². The lowest BCUT2D eigenvalue weighted by Gasteiger charge is -2.24. The van der Waals surface area contributed by atoms with E-state index in [1.165, 1.54) is 20.8 Å². The first-order chi connectivity index (χ1) is 10.3. The summed E-state index contributed by atoms with van der Waals surface area (Å²) in [6, 6.07) is 3.25. The van der Waals surface area contributed by atoms with Crippen molar-refractivity contribution in [2.45, 2.75) is 38.7 Å². The number of esters is 1. The number of carbonyl (C=O) groups is 2.